The smallest absolute Gasteiger partial charge is 0.330 e. The van der Waals surface area contributed by atoms with Gasteiger partial charge in [0, 0.05) is 31.2 Å². The minimum absolute atomic E-state index is 0.0187. The highest BCUT2D eigenvalue weighted by atomic mass is 19.1. The molecule has 0 bridgehead atoms. The minimum atomic E-state index is -0.799. The summed E-state index contributed by atoms with van der Waals surface area (Å²) in [6.07, 6.45) is 6.35. The van der Waals surface area contributed by atoms with Crippen LogP contribution in [0.4, 0.5) is 8.78 Å². The van der Waals surface area contributed by atoms with Crippen LogP contribution >= 0.6 is 0 Å². The predicted octanol–water partition coefficient (Wildman–Crippen LogP) is 4.78. The van der Waals surface area contributed by atoms with Crippen LogP contribution in [0.5, 0.6) is 11.5 Å². The highest BCUT2D eigenvalue weighted by molar-refractivity contribution is 5.97. The molecule has 3 aromatic rings. The molecular weight excluding hydrogens is 502 g/mol. The number of hydrogen-bond donors (Lipinski definition) is 2. The second kappa shape index (κ2) is 11.8. The Morgan fingerprint density at radius 3 is 2.79 bits per heavy atom. The summed E-state index contributed by atoms with van der Waals surface area (Å²) < 4.78 is 48.3. The molecular formula is C26H26F2N4O6. The molecule has 1 unspecified atom stereocenters. The van der Waals surface area contributed by atoms with Crippen LogP contribution in [0, 0.1) is 17.0 Å². The highest BCUT2D eigenvalue weighted by Gasteiger charge is 2.23. The molecule has 0 radical (unpaired) electrons. The topological polar surface area (TPSA) is 125 Å². The van der Waals surface area contributed by atoms with Crippen LogP contribution in [-0.2, 0) is 23.9 Å². The van der Waals surface area contributed by atoms with Crippen molar-refractivity contribution in [3.8, 4) is 11.5 Å². The summed E-state index contributed by atoms with van der Waals surface area (Å²) in [5, 5.41) is 7.94. The first-order valence-corrected chi connectivity index (χ1v) is 11.9. The van der Waals surface area contributed by atoms with Gasteiger partial charge in [-0.05, 0) is 50.5 Å². The SMILES string of the molecule is CCOC(=O)/C=C/c1c(Oc2ccc(F)c(C(=N)NOC(C)=O)c2)c(F)cc2c1ncn2C1CCCCO1. The summed E-state index contributed by atoms with van der Waals surface area (Å²) in [6, 6.07) is 4.67. The van der Waals surface area contributed by atoms with Crippen LogP contribution in [0.2, 0.25) is 0 Å². The zero-order valence-corrected chi connectivity index (χ0v) is 20.8. The molecule has 1 aliphatic heterocycles. The van der Waals surface area contributed by atoms with Crippen LogP contribution in [0.15, 0.2) is 36.7 Å². The summed E-state index contributed by atoms with van der Waals surface area (Å²) >= 11 is 0. The van der Waals surface area contributed by atoms with Gasteiger partial charge in [0.05, 0.1) is 29.5 Å². The van der Waals surface area contributed by atoms with E-state index in [1.807, 2.05) is 5.48 Å². The molecule has 10 nitrogen and oxygen atoms in total. The molecule has 1 aromatic heterocycles. The zero-order valence-electron chi connectivity index (χ0n) is 20.8. The molecule has 1 fully saturated rings. The van der Waals surface area contributed by atoms with Gasteiger partial charge in [-0.15, -0.1) is 0 Å². The molecule has 0 saturated carbocycles. The van der Waals surface area contributed by atoms with Crippen LogP contribution in [0.3, 0.4) is 0 Å². The second-order valence-electron chi connectivity index (χ2n) is 8.34. The van der Waals surface area contributed by atoms with Gasteiger partial charge in [-0.25, -0.2) is 24.0 Å². The fourth-order valence-electron chi connectivity index (χ4n) is 3.97. The number of nitrogens with one attached hydrogen (secondary N) is 2. The monoisotopic (exact) mass is 528 g/mol. The van der Waals surface area contributed by atoms with E-state index in [2.05, 4.69) is 9.82 Å². The van der Waals surface area contributed by atoms with Gasteiger partial charge in [0.15, 0.2) is 17.4 Å². The summed E-state index contributed by atoms with van der Waals surface area (Å²) in [5.74, 6) is -3.77. The number of hydroxylamine groups is 1. The van der Waals surface area contributed by atoms with Gasteiger partial charge in [-0.3, -0.25) is 10.2 Å². The second-order valence-corrected chi connectivity index (χ2v) is 8.34. The Morgan fingerprint density at radius 2 is 2.08 bits per heavy atom. The Hall–Kier alpha value is -4.32. The first-order valence-electron chi connectivity index (χ1n) is 11.9. The van der Waals surface area contributed by atoms with Gasteiger partial charge >= 0.3 is 11.9 Å². The molecule has 1 aliphatic rings. The molecule has 0 spiro atoms. The Kier molecular flexibility index (Phi) is 8.31. The minimum Gasteiger partial charge on any atom is -0.463 e. The van der Waals surface area contributed by atoms with Crippen molar-refractivity contribution in [1.82, 2.24) is 15.0 Å². The molecule has 0 amide bonds. The Morgan fingerprint density at radius 1 is 1.26 bits per heavy atom. The van der Waals surface area contributed by atoms with Gasteiger partial charge in [0.2, 0.25) is 0 Å². The molecule has 4 rings (SSSR count). The lowest BCUT2D eigenvalue weighted by molar-refractivity contribution is -0.145. The number of aromatic nitrogens is 2. The normalized spacial score (nSPS) is 15.4. The number of nitrogens with zero attached hydrogens (tertiary/aromatic N) is 2. The maximum atomic E-state index is 15.6. The van der Waals surface area contributed by atoms with Crippen LogP contribution in [0.25, 0.3) is 17.1 Å². The molecule has 200 valence electrons. The van der Waals surface area contributed by atoms with Gasteiger partial charge in [0.1, 0.15) is 17.8 Å². The molecule has 38 heavy (non-hydrogen) atoms. The Balaban J connectivity index is 1.76. The standard InChI is InChI=1S/C26H26F2N4O6/c1-3-35-23(34)10-8-17-24-21(32(14-30-24)22-6-4-5-11-36-22)13-20(28)25(17)37-16-7-9-19(27)18(12-16)26(29)31-38-15(2)33/h7-10,12-14,22H,3-6,11H2,1-2H3,(H2,29,31)/b10-8+. The van der Waals surface area contributed by atoms with E-state index < -0.39 is 29.4 Å². The van der Waals surface area contributed by atoms with E-state index in [0.29, 0.717) is 17.6 Å². The van der Waals surface area contributed by atoms with Gasteiger partial charge in [-0.2, -0.15) is 0 Å². The third-order valence-electron chi connectivity index (χ3n) is 5.67. The number of halogens is 2. The van der Waals surface area contributed by atoms with E-state index in [1.165, 1.54) is 18.2 Å². The summed E-state index contributed by atoms with van der Waals surface area (Å²) in [4.78, 5) is 32.0. The molecule has 1 saturated heterocycles. The summed E-state index contributed by atoms with van der Waals surface area (Å²) in [7, 11) is 0. The summed E-state index contributed by atoms with van der Waals surface area (Å²) in [6.45, 7) is 3.51. The number of ether oxygens (including phenoxy) is 3. The molecule has 12 heteroatoms. The molecule has 2 heterocycles. The van der Waals surface area contributed by atoms with E-state index in [1.54, 1.807) is 17.8 Å². The van der Waals surface area contributed by atoms with Crippen LogP contribution in [0.1, 0.15) is 50.5 Å². The predicted molar refractivity (Wildman–Crippen MR) is 132 cm³/mol. The number of carbonyl (C=O) groups is 2. The number of fused-ring (bicyclic) bond motifs is 1. The first kappa shape index (κ1) is 26.7. The number of benzene rings is 2. The van der Waals surface area contributed by atoms with E-state index >= 15 is 4.39 Å². The average Bonchev–Trinajstić information content (AvgIpc) is 3.32. The lowest BCUT2D eigenvalue weighted by Crippen LogP contribution is -2.26. The Bertz CT molecular complexity index is 1400. The highest BCUT2D eigenvalue weighted by Crippen LogP contribution is 2.37. The lowest BCUT2D eigenvalue weighted by atomic mass is 10.1. The van der Waals surface area contributed by atoms with Crippen LogP contribution in [-0.4, -0.2) is 40.5 Å². The van der Waals surface area contributed by atoms with Crippen molar-refractivity contribution in [3.63, 3.8) is 0 Å². The molecule has 0 aliphatic carbocycles. The van der Waals surface area contributed by atoms with E-state index in [-0.39, 0.29) is 35.5 Å². The maximum absolute atomic E-state index is 15.6. The first-order chi connectivity index (χ1) is 18.3. The fourth-order valence-corrected chi connectivity index (χ4v) is 3.97. The van der Waals surface area contributed by atoms with E-state index in [4.69, 9.17) is 19.6 Å². The van der Waals surface area contributed by atoms with Gasteiger partial charge in [0.25, 0.3) is 0 Å². The van der Waals surface area contributed by atoms with Crippen molar-refractivity contribution in [2.75, 3.05) is 13.2 Å². The Labute approximate surface area is 216 Å². The van der Waals surface area contributed by atoms with Crippen molar-refractivity contribution >= 4 is 34.9 Å². The molecule has 2 N–H and O–H groups in total. The van der Waals surface area contributed by atoms with Crippen molar-refractivity contribution in [2.45, 2.75) is 39.3 Å². The van der Waals surface area contributed by atoms with Crippen LogP contribution < -0.4 is 10.2 Å². The van der Waals surface area contributed by atoms with Crippen molar-refractivity contribution in [1.29, 1.82) is 5.41 Å². The van der Waals surface area contributed by atoms with Crippen molar-refractivity contribution in [2.24, 2.45) is 0 Å². The third-order valence-corrected chi connectivity index (χ3v) is 5.67. The number of esters is 1. The maximum Gasteiger partial charge on any atom is 0.330 e. The quantitative estimate of drug-likeness (QED) is 0.148. The third kappa shape index (κ3) is 5.97. The molecule has 1 atom stereocenters. The molecule has 2 aromatic carbocycles. The number of rotatable bonds is 7. The number of amidine groups is 1. The average molecular weight is 529 g/mol. The largest absolute Gasteiger partial charge is 0.463 e. The van der Waals surface area contributed by atoms with Crippen molar-refractivity contribution < 1.29 is 37.4 Å². The lowest BCUT2D eigenvalue weighted by Gasteiger charge is -2.24. The number of carbonyl (C=O) groups excluding carboxylic acids is 2. The zero-order chi connectivity index (χ0) is 27.2. The van der Waals surface area contributed by atoms with E-state index in [9.17, 15) is 14.0 Å². The van der Waals surface area contributed by atoms with Gasteiger partial charge < -0.3 is 23.6 Å². The number of imidazole rings is 1. The summed E-state index contributed by atoms with van der Waals surface area (Å²) in [5.41, 5.74) is 2.69. The van der Waals surface area contributed by atoms with Crippen molar-refractivity contribution in [3.05, 3.63) is 59.4 Å². The fraction of sp³-hybridized carbons (Fsp3) is 0.308. The van der Waals surface area contributed by atoms with E-state index in [0.717, 1.165) is 44.4 Å². The number of hydrogen-bond acceptors (Lipinski definition) is 8. The van der Waals surface area contributed by atoms with Gasteiger partial charge in [-0.1, -0.05) is 0 Å².